The maximum atomic E-state index is 12.0. The molecule has 0 radical (unpaired) electrons. The molecular weight excluding hydrogens is 286 g/mol. The third kappa shape index (κ3) is 2.46. The zero-order valence-electron chi connectivity index (χ0n) is 8.16. The summed E-state index contributed by atoms with van der Waals surface area (Å²) in [6.07, 6.45) is 0. The standard InChI is InChI=1S/C7H6ClN5O2S2/c8-4-2-1-3-5(9)6(4)17(14,15)11-7-10-12-13-16-7/h1-3H,9H2,(H,10,11,13). The van der Waals surface area contributed by atoms with E-state index in [9.17, 15) is 8.42 Å². The van der Waals surface area contributed by atoms with Crippen molar-refractivity contribution in [1.82, 2.24) is 14.8 Å². The molecule has 10 heteroatoms. The van der Waals surface area contributed by atoms with Crippen molar-refractivity contribution in [3.8, 4) is 0 Å². The highest BCUT2D eigenvalue weighted by atomic mass is 35.5. The van der Waals surface area contributed by atoms with Crippen LogP contribution in [0.1, 0.15) is 0 Å². The Bertz CT molecular complexity index is 607. The molecule has 7 nitrogen and oxygen atoms in total. The van der Waals surface area contributed by atoms with E-state index in [4.69, 9.17) is 17.3 Å². The molecule has 90 valence electrons. The van der Waals surface area contributed by atoms with Gasteiger partial charge in [0.2, 0.25) is 5.13 Å². The fourth-order valence-electron chi connectivity index (χ4n) is 1.15. The van der Waals surface area contributed by atoms with Gasteiger partial charge in [-0.1, -0.05) is 27.3 Å². The van der Waals surface area contributed by atoms with Crippen LogP contribution in [0.4, 0.5) is 10.8 Å². The maximum Gasteiger partial charge on any atom is 0.267 e. The van der Waals surface area contributed by atoms with E-state index in [-0.39, 0.29) is 20.7 Å². The molecule has 3 N–H and O–H groups in total. The molecule has 0 aliphatic rings. The Morgan fingerprint density at radius 3 is 2.76 bits per heavy atom. The van der Waals surface area contributed by atoms with Crippen LogP contribution in [0.5, 0.6) is 0 Å². The summed E-state index contributed by atoms with van der Waals surface area (Å²) in [4.78, 5) is -0.183. The van der Waals surface area contributed by atoms with E-state index in [1.54, 1.807) is 6.07 Å². The van der Waals surface area contributed by atoms with Crippen molar-refractivity contribution in [3.63, 3.8) is 0 Å². The van der Waals surface area contributed by atoms with Crippen LogP contribution < -0.4 is 10.5 Å². The predicted octanol–water partition coefficient (Wildman–Crippen LogP) is 0.970. The first-order valence-electron chi connectivity index (χ1n) is 4.22. The number of benzene rings is 1. The predicted molar refractivity (Wildman–Crippen MR) is 64.4 cm³/mol. The summed E-state index contributed by atoms with van der Waals surface area (Å²) < 4.78 is 29.6. The van der Waals surface area contributed by atoms with Gasteiger partial charge in [-0.3, -0.25) is 4.72 Å². The zero-order valence-corrected chi connectivity index (χ0v) is 10.6. The Morgan fingerprint density at radius 2 is 2.18 bits per heavy atom. The second-order valence-corrected chi connectivity index (χ2v) is 5.69. The SMILES string of the molecule is Nc1cccc(Cl)c1S(=O)(=O)Nc1nnns1. The van der Waals surface area contributed by atoms with E-state index < -0.39 is 10.0 Å². The van der Waals surface area contributed by atoms with Gasteiger partial charge in [-0.25, -0.2) is 8.42 Å². The normalized spacial score (nSPS) is 11.4. The average Bonchev–Trinajstić information content (AvgIpc) is 2.68. The van der Waals surface area contributed by atoms with Gasteiger partial charge in [0, 0.05) is 11.5 Å². The number of nitrogen functional groups attached to an aromatic ring is 1. The third-order valence-corrected chi connectivity index (χ3v) is 4.31. The second-order valence-electron chi connectivity index (χ2n) is 2.93. The monoisotopic (exact) mass is 291 g/mol. The van der Waals surface area contributed by atoms with Gasteiger partial charge in [0.05, 0.1) is 10.7 Å². The van der Waals surface area contributed by atoms with Crippen LogP contribution in [0.3, 0.4) is 0 Å². The number of aromatic nitrogens is 3. The molecule has 2 aromatic rings. The van der Waals surface area contributed by atoms with E-state index in [1.807, 2.05) is 0 Å². The molecule has 1 aromatic carbocycles. The summed E-state index contributed by atoms with van der Waals surface area (Å²) in [7, 11) is -3.88. The van der Waals surface area contributed by atoms with Crippen LogP contribution in [-0.2, 0) is 10.0 Å². The largest absolute Gasteiger partial charge is 0.398 e. The maximum absolute atomic E-state index is 12.0. The Morgan fingerprint density at radius 1 is 1.41 bits per heavy atom. The van der Waals surface area contributed by atoms with Gasteiger partial charge < -0.3 is 5.73 Å². The first kappa shape index (κ1) is 12.0. The van der Waals surface area contributed by atoms with Crippen LogP contribution in [0.15, 0.2) is 23.1 Å². The van der Waals surface area contributed by atoms with Crippen LogP contribution in [0, 0.1) is 0 Å². The molecule has 0 spiro atoms. The molecule has 1 heterocycles. The highest BCUT2D eigenvalue weighted by Crippen LogP contribution is 2.28. The van der Waals surface area contributed by atoms with E-state index in [1.165, 1.54) is 12.1 Å². The molecule has 0 atom stereocenters. The third-order valence-electron chi connectivity index (χ3n) is 1.79. The second kappa shape index (κ2) is 4.43. The summed E-state index contributed by atoms with van der Waals surface area (Å²) in [5, 5.41) is 6.82. The first-order valence-corrected chi connectivity index (χ1v) is 6.86. The molecule has 0 aliphatic carbocycles. The fraction of sp³-hybridized carbons (Fsp3) is 0. The van der Waals surface area contributed by atoms with E-state index >= 15 is 0 Å². The quantitative estimate of drug-likeness (QED) is 0.815. The fourth-order valence-corrected chi connectivity index (χ4v) is 3.41. The lowest BCUT2D eigenvalue weighted by molar-refractivity contribution is 0.601. The number of nitrogens with one attached hydrogen (secondary N) is 1. The number of sulfonamides is 1. The summed E-state index contributed by atoms with van der Waals surface area (Å²) in [6.45, 7) is 0. The zero-order chi connectivity index (χ0) is 12.5. The van der Waals surface area contributed by atoms with Gasteiger partial charge in [-0.15, -0.1) is 0 Å². The van der Waals surface area contributed by atoms with Gasteiger partial charge >= 0.3 is 0 Å². The topological polar surface area (TPSA) is 111 Å². The van der Waals surface area contributed by atoms with Gasteiger partial charge in [-0.2, -0.15) is 0 Å². The van der Waals surface area contributed by atoms with Crippen molar-refractivity contribution in [2.24, 2.45) is 0 Å². The lowest BCUT2D eigenvalue weighted by Gasteiger charge is -2.08. The Kier molecular flexibility index (Phi) is 3.13. The van der Waals surface area contributed by atoms with Gasteiger partial charge in [-0.05, 0) is 17.3 Å². The van der Waals surface area contributed by atoms with Crippen molar-refractivity contribution >= 4 is 44.0 Å². The van der Waals surface area contributed by atoms with Gasteiger partial charge in [0.25, 0.3) is 10.0 Å². The first-order chi connectivity index (χ1) is 8.00. The van der Waals surface area contributed by atoms with Gasteiger partial charge in [0.1, 0.15) is 4.90 Å². The highest BCUT2D eigenvalue weighted by Gasteiger charge is 2.22. The van der Waals surface area contributed by atoms with E-state index in [0.717, 1.165) is 11.5 Å². The molecule has 0 aliphatic heterocycles. The van der Waals surface area contributed by atoms with Crippen LogP contribution in [0.25, 0.3) is 0 Å². The van der Waals surface area contributed by atoms with Crippen molar-refractivity contribution in [2.45, 2.75) is 4.90 Å². The number of halogens is 1. The molecule has 0 saturated heterocycles. The van der Waals surface area contributed by atoms with Crippen LogP contribution >= 0.6 is 23.1 Å². The summed E-state index contributed by atoms with van der Waals surface area (Å²) in [6, 6.07) is 4.44. The minimum atomic E-state index is -3.88. The van der Waals surface area contributed by atoms with Crippen molar-refractivity contribution < 1.29 is 8.42 Å². The molecule has 0 unspecified atom stereocenters. The average molecular weight is 292 g/mol. The number of nitrogens with zero attached hydrogens (tertiary/aromatic N) is 3. The highest BCUT2D eigenvalue weighted by molar-refractivity contribution is 7.93. The molecule has 1 aromatic heterocycles. The van der Waals surface area contributed by atoms with E-state index in [0.29, 0.717) is 0 Å². The molecular formula is C7H6ClN5O2S2. The Balaban J connectivity index is 2.45. The lowest BCUT2D eigenvalue weighted by Crippen LogP contribution is -2.15. The molecule has 17 heavy (non-hydrogen) atoms. The number of rotatable bonds is 3. The summed E-state index contributed by atoms with van der Waals surface area (Å²) in [5.74, 6) is 0. The molecule has 0 bridgehead atoms. The van der Waals surface area contributed by atoms with Crippen molar-refractivity contribution in [3.05, 3.63) is 23.2 Å². The Labute approximate surface area is 106 Å². The summed E-state index contributed by atoms with van der Waals surface area (Å²) >= 11 is 6.62. The lowest BCUT2D eigenvalue weighted by atomic mass is 10.3. The van der Waals surface area contributed by atoms with E-state index in [2.05, 4.69) is 19.5 Å². The number of hydrogen-bond acceptors (Lipinski definition) is 7. The Hall–Kier alpha value is -1.45. The molecule has 0 saturated carbocycles. The summed E-state index contributed by atoms with van der Waals surface area (Å²) in [5.41, 5.74) is 5.64. The van der Waals surface area contributed by atoms with Gasteiger partial charge in [0.15, 0.2) is 0 Å². The molecule has 0 amide bonds. The molecule has 2 rings (SSSR count). The molecule has 0 fully saturated rings. The smallest absolute Gasteiger partial charge is 0.267 e. The van der Waals surface area contributed by atoms with Crippen molar-refractivity contribution in [2.75, 3.05) is 10.5 Å². The van der Waals surface area contributed by atoms with Crippen LogP contribution in [0.2, 0.25) is 5.02 Å². The number of nitrogens with two attached hydrogens (primary N) is 1. The van der Waals surface area contributed by atoms with Crippen LogP contribution in [-0.4, -0.2) is 23.2 Å². The number of anilines is 2. The number of hydrogen-bond donors (Lipinski definition) is 2. The minimum Gasteiger partial charge on any atom is -0.398 e. The minimum absolute atomic E-state index is 0.0370. The van der Waals surface area contributed by atoms with Crippen molar-refractivity contribution in [1.29, 1.82) is 0 Å².